The molecule has 2 aliphatic carbocycles. The van der Waals surface area contributed by atoms with Crippen molar-refractivity contribution >= 4 is 0 Å². The van der Waals surface area contributed by atoms with E-state index in [2.05, 4.69) is 37.8 Å². The van der Waals surface area contributed by atoms with E-state index in [0.29, 0.717) is 0 Å². The Balaban J connectivity index is 1.36. The molecule has 0 amide bonds. The van der Waals surface area contributed by atoms with Crippen LogP contribution in [0.3, 0.4) is 0 Å². The lowest BCUT2D eigenvalue weighted by atomic mass is 9.68. The van der Waals surface area contributed by atoms with Gasteiger partial charge in [0.15, 0.2) is 0 Å². The molecule has 0 unspecified atom stereocenters. The Morgan fingerprint density at radius 2 is 1.53 bits per heavy atom. The highest BCUT2D eigenvalue weighted by Crippen LogP contribution is 2.42. The molecular weight excluding hydrogens is 364 g/mol. The van der Waals surface area contributed by atoms with E-state index in [1.807, 2.05) is 24.3 Å². The molecule has 0 heterocycles. The van der Waals surface area contributed by atoms with Gasteiger partial charge in [0, 0.05) is 5.56 Å². The summed E-state index contributed by atoms with van der Waals surface area (Å²) in [4.78, 5) is 0. The van der Waals surface area contributed by atoms with Gasteiger partial charge in [0.05, 0.1) is 6.61 Å². The van der Waals surface area contributed by atoms with Gasteiger partial charge in [0.2, 0.25) is 0 Å². The second kappa shape index (κ2) is 12.9. The summed E-state index contributed by atoms with van der Waals surface area (Å²) in [5.74, 6) is 11.2. The van der Waals surface area contributed by atoms with E-state index in [9.17, 15) is 0 Å². The Bertz CT molecular complexity index is 673. The summed E-state index contributed by atoms with van der Waals surface area (Å²) >= 11 is 0. The molecule has 30 heavy (non-hydrogen) atoms. The van der Waals surface area contributed by atoms with Crippen molar-refractivity contribution in [3.05, 3.63) is 42.0 Å². The molecule has 0 N–H and O–H groups in total. The maximum atomic E-state index is 5.63. The Morgan fingerprint density at radius 3 is 2.17 bits per heavy atom. The fourth-order valence-electron chi connectivity index (χ4n) is 5.41. The molecule has 3 rings (SSSR count). The predicted molar refractivity (Wildman–Crippen MR) is 129 cm³/mol. The van der Waals surface area contributed by atoms with Gasteiger partial charge in [-0.25, -0.2) is 0 Å². The molecule has 0 bridgehead atoms. The molecule has 1 aromatic rings. The molecule has 0 spiro atoms. The summed E-state index contributed by atoms with van der Waals surface area (Å²) in [5.41, 5.74) is 1.06. The molecule has 1 aromatic carbocycles. The Morgan fingerprint density at radius 1 is 0.867 bits per heavy atom. The van der Waals surface area contributed by atoms with Crippen molar-refractivity contribution in [3.8, 4) is 17.6 Å². The number of unbranched alkanes of at least 4 members (excludes halogenated alkanes) is 1. The topological polar surface area (TPSA) is 9.23 Å². The fraction of sp³-hybridized carbons (Fsp3) is 0.655. The normalized spacial score (nSPS) is 26.9. The van der Waals surface area contributed by atoms with Crippen LogP contribution >= 0.6 is 0 Å². The first-order valence-electron chi connectivity index (χ1n) is 12.7. The third kappa shape index (κ3) is 7.54. The minimum atomic E-state index is 0.737. The zero-order valence-corrected chi connectivity index (χ0v) is 19.4. The van der Waals surface area contributed by atoms with Gasteiger partial charge in [-0.1, -0.05) is 63.9 Å². The predicted octanol–water partition coefficient (Wildman–Crippen LogP) is 8.19. The zero-order valence-electron chi connectivity index (χ0n) is 19.4. The molecule has 0 saturated heterocycles. The molecule has 1 heteroatoms. The highest BCUT2D eigenvalue weighted by Gasteiger charge is 2.30. The van der Waals surface area contributed by atoms with Crippen LogP contribution in [0.4, 0.5) is 0 Å². The summed E-state index contributed by atoms with van der Waals surface area (Å²) in [6, 6.07) is 8.13. The maximum Gasteiger partial charge on any atom is 0.119 e. The van der Waals surface area contributed by atoms with Crippen molar-refractivity contribution in [2.24, 2.45) is 23.7 Å². The van der Waals surface area contributed by atoms with Crippen LogP contribution in [0.1, 0.15) is 96.5 Å². The number of rotatable bonds is 8. The van der Waals surface area contributed by atoms with Crippen LogP contribution in [0, 0.1) is 35.5 Å². The number of allylic oxidation sites excluding steroid dienone is 2. The van der Waals surface area contributed by atoms with E-state index < -0.39 is 0 Å². The summed E-state index contributed by atoms with van der Waals surface area (Å²) in [6.07, 6.45) is 21.4. The minimum absolute atomic E-state index is 0.737. The summed E-state index contributed by atoms with van der Waals surface area (Å²) < 4.78 is 5.63. The first-order chi connectivity index (χ1) is 14.8. The van der Waals surface area contributed by atoms with Crippen molar-refractivity contribution in [1.82, 2.24) is 0 Å². The standard InChI is InChI=1S/C29H42O/c1-3-5-8-24-11-17-27(18-12-24)28-19-13-25(14-20-28)9-6-7-10-26-15-21-29(22-16-26)30-23-4-2/h6,9,15-16,21-22,24-25,27-28H,3-5,8,11-14,17-20,23H2,1-2H3. The van der Waals surface area contributed by atoms with Crippen molar-refractivity contribution < 1.29 is 4.74 Å². The largest absolute Gasteiger partial charge is 0.494 e. The van der Waals surface area contributed by atoms with Crippen LogP contribution in [0.5, 0.6) is 5.75 Å². The lowest BCUT2D eigenvalue weighted by Gasteiger charge is -2.37. The van der Waals surface area contributed by atoms with E-state index in [0.717, 1.165) is 48.0 Å². The summed E-state index contributed by atoms with van der Waals surface area (Å²) in [5, 5.41) is 0. The number of hydrogen-bond acceptors (Lipinski definition) is 1. The highest BCUT2D eigenvalue weighted by molar-refractivity contribution is 5.40. The molecule has 1 nitrogen and oxygen atoms in total. The molecule has 2 aliphatic rings. The third-order valence-electron chi connectivity index (χ3n) is 7.34. The van der Waals surface area contributed by atoms with Crippen LogP contribution in [0.15, 0.2) is 36.4 Å². The van der Waals surface area contributed by atoms with Gasteiger partial charge in [-0.3, -0.25) is 0 Å². The third-order valence-corrected chi connectivity index (χ3v) is 7.34. The SMILES string of the molecule is CCCCC1CCC(C2CCC(C=CC#Cc3ccc(OCCC)cc3)CC2)CC1. The quantitative estimate of drug-likeness (QED) is 0.395. The minimum Gasteiger partial charge on any atom is -0.494 e. The van der Waals surface area contributed by atoms with Crippen LogP contribution < -0.4 is 4.74 Å². The summed E-state index contributed by atoms with van der Waals surface area (Å²) in [6.45, 7) is 5.22. The van der Waals surface area contributed by atoms with E-state index in [4.69, 9.17) is 4.74 Å². The Hall–Kier alpha value is -1.68. The average molecular weight is 407 g/mol. The molecule has 164 valence electrons. The molecule has 0 atom stereocenters. The number of hydrogen-bond donors (Lipinski definition) is 0. The molecule has 0 aromatic heterocycles. The first-order valence-corrected chi connectivity index (χ1v) is 12.7. The Labute approximate surface area is 185 Å². The van der Waals surface area contributed by atoms with Gasteiger partial charge in [-0.2, -0.15) is 0 Å². The van der Waals surface area contributed by atoms with Crippen molar-refractivity contribution in [1.29, 1.82) is 0 Å². The monoisotopic (exact) mass is 406 g/mol. The molecular formula is C29H42O. The Kier molecular flexibility index (Phi) is 9.88. The average Bonchev–Trinajstić information content (AvgIpc) is 2.81. The second-order valence-corrected chi connectivity index (χ2v) is 9.60. The van der Waals surface area contributed by atoms with E-state index in [1.54, 1.807) is 0 Å². The van der Waals surface area contributed by atoms with Crippen LogP contribution in [-0.4, -0.2) is 6.61 Å². The van der Waals surface area contributed by atoms with Crippen molar-refractivity contribution in [2.45, 2.75) is 90.9 Å². The van der Waals surface area contributed by atoms with Crippen LogP contribution in [-0.2, 0) is 0 Å². The van der Waals surface area contributed by atoms with Crippen molar-refractivity contribution in [3.63, 3.8) is 0 Å². The second-order valence-electron chi connectivity index (χ2n) is 9.60. The summed E-state index contributed by atoms with van der Waals surface area (Å²) in [7, 11) is 0. The van der Waals surface area contributed by atoms with Gasteiger partial charge in [0.25, 0.3) is 0 Å². The molecule has 0 radical (unpaired) electrons. The zero-order chi connectivity index (χ0) is 21.0. The van der Waals surface area contributed by atoms with E-state index in [-0.39, 0.29) is 0 Å². The first kappa shape index (κ1) is 23.0. The number of benzene rings is 1. The lowest BCUT2D eigenvalue weighted by Crippen LogP contribution is -2.25. The van der Waals surface area contributed by atoms with Gasteiger partial charge in [-0.15, -0.1) is 0 Å². The van der Waals surface area contributed by atoms with Gasteiger partial charge in [-0.05, 0) is 99.0 Å². The van der Waals surface area contributed by atoms with Gasteiger partial charge < -0.3 is 4.74 Å². The van der Waals surface area contributed by atoms with E-state index >= 15 is 0 Å². The lowest BCUT2D eigenvalue weighted by molar-refractivity contribution is 0.152. The van der Waals surface area contributed by atoms with Gasteiger partial charge in [0.1, 0.15) is 5.75 Å². The maximum absolute atomic E-state index is 5.63. The van der Waals surface area contributed by atoms with E-state index in [1.165, 1.54) is 70.6 Å². The molecule has 0 aliphatic heterocycles. The smallest absolute Gasteiger partial charge is 0.119 e. The van der Waals surface area contributed by atoms with Crippen LogP contribution in [0.25, 0.3) is 0 Å². The van der Waals surface area contributed by atoms with Gasteiger partial charge >= 0.3 is 0 Å². The van der Waals surface area contributed by atoms with Crippen LogP contribution in [0.2, 0.25) is 0 Å². The molecule has 2 saturated carbocycles. The fourth-order valence-corrected chi connectivity index (χ4v) is 5.41. The van der Waals surface area contributed by atoms with Crippen molar-refractivity contribution in [2.75, 3.05) is 6.61 Å². The highest BCUT2D eigenvalue weighted by atomic mass is 16.5. The molecule has 2 fully saturated rings. The number of ether oxygens (including phenoxy) is 1.